The molecule has 3 aliphatic heterocycles. The molecule has 0 aromatic heterocycles. The summed E-state index contributed by atoms with van der Waals surface area (Å²) in [5.74, 6) is 2.53. The molecule has 10 heteroatoms. The monoisotopic (exact) mass is 565 g/mol. The largest absolute Gasteiger partial charge is 0.493 e. The maximum absolute atomic E-state index is 14.4. The van der Waals surface area contributed by atoms with E-state index in [0.29, 0.717) is 19.4 Å². The van der Waals surface area contributed by atoms with E-state index in [9.17, 15) is 19.5 Å². The molecule has 6 unspecified atom stereocenters. The molecule has 0 radical (unpaired) electrons. The van der Waals surface area contributed by atoms with Crippen molar-refractivity contribution in [3.63, 3.8) is 0 Å². The van der Waals surface area contributed by atoms with Crippen LogP contribution in [0.2, 0.25) is 0 Å². The molecule has 6 atom stereocenters. The summed E-state index contributed by atoms with van der Waals surface area (Å²) < 4.78 is 5.78. The lowest BCUT2D eigenvalue weighted by atomic mass is 9.82. The fourth-order valence-corrected chi connectivity index (χ4v) is 6.89. The predicted octanol–water partition coefficient (Wildman–Crippen LogP) is 0.949. The second-order valence-electron chi connectivity index (χ2n) is 12.1. The number of nitrogens with one attached hydrogen (secondary N) is 3. The van der Waals surface area contributed by atoms with E-state index in [4.69, 9.17) is 11.2 Å². The smallest absolute Gasteiger partial charge is 0.246 e. The average molecular weight is 566 g/mol. The Labute approximate surface area is 242 Å². The number of likely N-dealkylation sites (N-methyl/N-ethyl adjacent to an activating group) is 1. The van der Waals surface area contributed by atoms with Crippen molar-refractivity contribution in [2.75, 3.05) is 33.3 Å². The third kappa shape index (κ3) is 6.22. The van der Waals surface area contributed by atoms with Crippen molar-refractivity contribution in [2.24, 2.45) is 5.92 Å². The van der Waals surface area contributed by atoms with Crippen LogP contribution in [-0.4, -0.2) is 95.7 Å². The van der Waals surface area contributed by atoms with Crippen molar-refractivity contribution < 1.29 is 24.2 Å². The molecule has 1 saturated carbocycles. The number of rotatable bonds is 7. The maximum atomic E-state index is 14.4. The molecule has 3 fully saturated rings. The summed E-state index contributed by atoms with van der Waals surface area (Å²) >= 11 is 0. The van der Waals surface area contributed by atoms with Crippen LogP contribution >= 0.6 is 0 Å². The van der Waals surface area contributed by atoms with Gasteiger partial charge < -0.3 is 30.7 Å². The van der Waals surface area contributed by atoms with Crippen LogP contribution in [0.1, 0.15) is 63.5 Å². The van der Waals surface area contributed by atoms with Crippen LogP contribution in [0.5, 0.6) is 5.75 Å². The number of hydrogen-bond donors (Lipinski definition) is 4. The molecule has 1 aromatic carbocycles. The molecule has 5 rings (SSSR count). The molecule has 41 heavy (non-hydrogen) atoms. The second kappa shape index (κ2) is 12.4. The topological polar surface area (TPSA) is 123 Å². The van der Waals surface area contributed by atoms with Gasteiger partial charge in [0, 0.05) is 44.1 Å². The van der Waals surface area contributed by atoms with Gasteiger partial charge in [-0.05, 0) is 38.8 Å². The van der Waals surface area contributed by atoms with Gasteiger partial charge >= 0.3 is 0 Å². The summed E-state index contributed by atoms with van der Waals surface area (Å²) in [6.07, 6.45) is 11.4. The molecule has 3 heterocycles. The second-order valence-corrected chi connectivity index (χ2v) is 12.1. The number of carbonyl (C=O) groups excluding carboxylic acids is 3. The molecule has 4 N–H and O–H groups in total. The van der Waals surface area contributed by atoms with Gasteiger partial charge in [0.1, 0.15) is 23.4 Å². The van der Waals surface area contributed by atoms with E-state index < -0.39 is 23.7 Å². The van der Waals surface area contributed by atoms with Crippen LogP contribution in [0, 0.1) is 18.3 Å². The lowest BCUT2D eigenvalue weighted by Gasteiger charge is -2.45. The zero-order chi connectivity index (χ0) is 29.1. The molecular formula is C31H43N5O5. The number of amides is 3. The number of carbonyl (C=O) groups is 3. The van der Waals surface area contributed by atoms with Crippen LogP contribution in [0.4, 0.5) is 0 Å². The van der Waals surface area contributed by atoms with Crippen LogP contribution < -0.4 is 20.7 Å². The zero-order valence-electron chi connectivity index (χ0n) is 24.1. The average Bonchev–Trinajstić information content (AvgIpc) is 3.34. The van der Waals surface area contributed by atoms with Gasteiger partial charge in [-0.3, -0.25) is 19.3 Å². The van der Waals surface area contributed by atoms with Crippen molar-refractivity contribution in [2.45, 2.75) is 87.7 Å². The highest BCUT2D eigenvalue weighted by Gasteiger charge is 2.50. The third-order valence-electron chi connectivity index (χ3n) is 9.39. The summed E-state index contributed by atoms with van der Waals surface area (Å²) in [6, 6.07) is 5.27. The lowest BCUT2D eigenvalue weighted by molar-refractivity contribution is -0.149. The molecule has 4 aliphatic rings. The summed E-state index contributed by atoms with van der Waals surface area (Å²) in [7, 11) is 1.71. The molecule has 3 amide bonds. The maximum Gasteiger partial charge on any atom is 0.246 e. The van der Waals surface area contributed by atoms with E-state index in [1.807, 2.05) is 29.2 Å². The number of terminal acetylenes is 1. The van der Waals surface area contributed by atoms with Gasteiger partial charge in [0.05, 0.1) is 18.7 Å². The highest BCUT2D eigenvalue weighted by molar-refractivity contribution is 5.93. The van der Waals surface area contributed by atoms with Crippen molar-refractivity contribution in [3.05, 3.63) is 29.8 Å². The zero-order valence-corrected chi connectivity index (χ0v) is 24.1. The first kappa shape index (κ1) is 29.4. The van der Waals surface area contributed by atoms with Crippen LogP contribution in [0.25, 0.3) is 0 Å². The number of benzene rings is 1. The minimum Gasteiger partial charge on any atom is -0.493 e. The molecule has 0 spiro atoms. The Balaban J connectivity index is 1.42. The summed E-state index contributed by atoms with van der Waals surface area (Å²) in [5.41, 5.74) is -0.390. The summed E-state index contributed by atoms with van der Waals surface area (Å²) in [4.78, 5) is 45.1. The van der Waals surface area contributed by atoms with Crippen molar-refractivity contribution in [1.29, 1.82) is 0 Å². The van der Waals surface area contributed by atoms with Gasteiger partial charge in [-0.1, -0.05) is 43.4 Å². The van der Waals surface area contributed by atoms with Crippen LogP contribution in [0.15, 0.2) is 24.3 Å². The Kier molecular flexibility index (Phi) is 8.88. The molecule has 1 aromatic rings. The van der Waals surface area contributed by atoms with Crippen molar-refractivity contribution in [1.82, 2.24) is 25.8 Å². The third-order valence-corrected chi connectivity index (χ3v) is 9.39. The molecule has 222 valence electrons. The van der Waals surface area contributed by atoms with E-state index >= 15 is 0 Å². The molecule has 10 nitrogen and oxygen atoms in total. The SMILES string of the molecule is C#CC1(O)CC2CN(C(=O)C(NC(=O)C(C)NC)C3CCCCC3)C(C(=O)NC3CCOc4ccccc43)CN2C1. The highest BCUT2D eigenvalue weighted by Crippen LogP contribution is 2.35. The Morgan fingerprint density at radius 2 is 1.90 bits per heavy atom. The Bertz CT molecular complexity index is 1180. The summed E-state index contributed by atoms with van der Waals surface area (Å²) in [6.45, 7) is 3.01. The fraction of sp³-hybridized carbons (Fsp3) is 0.645. The first-order valence-electron chi connectivity index (χ1n) is 15.0. The van der Waals surface area contributed by atoms with Crippen molar-refractivity contribution in [3.8, 4) is 18.1 Å². The Morgan fingerprint density at radius 3 is 2.63 bits per heavy atom. The van der Waals surface area contributed by atoms with E-state index in [-0.39, 0.29) is 55.4 Å². The number of aliphatic hydroxyl groups is 1. The predicted molar refractivity (Wildman–Crippen MR) is 154 cm³/mol. The highest BCUT2D eigenvalue weighted by atomic mass is 16.5. The fourth-order valence-electron chi connectivity index (χ4n) is 6.89. The quantitative estimate of drug-likeness (QED) is 0.363. The molecule has 1 aliphatic carbocycles. The first-order chi connectivity index (χ1) is 19.7. The van der Waals surface area contributed by atoms with Crippen LogP contribution in [0.3, 0.4) is 0 Å². The van der Waals surface area contributed by atoms with Gasteiger partial charge in [-0.25, -0.2) is 0 Å². The van der Waals surface area contributed by atoms with E-state index in [1.165, 1.54) is 0 Å². The molecule has 0 bridgehead atoms. The number of fused-ring (bicyclic) bond motifs is 2. The number of piperazine rings is 1. The Morgan fingerprint density at radius 1 is 1.15 bits per heavy atom. The minimum absolute atomic E-state index is 0.000383. The van der Waals surface area contributed by atoms with Gasteiger partial charge in [0.15, 0.2) is 0 Å². The van der Waals surface area contributed by atoms with Gasteiger partial charge in [0.25, 0.3) is 0 Å². The van der Waals surface area contributed by atoms with Gasteiger partial charge in [0.2, 0.25) is 17.7 Å². The standard InChI is InChI=1S/C31H43N5O5/c1-4-31(40)16-22-17-36(30(39)27(21-10-6-5-7-11-21)34-28(37)20(2)32-3)25(18-35(22)19-31)29(38)33-24-14-15-41-26-13-9-8-12-23(24)26/h1,8-9,12-13,20-22,24-25,27,32,40H,5-7,10-11,14-19H2,2-3H3,(H,33,38)(H,34,37). The molecular weight excluding hydrogens is 522 g/mol. The van der Waals surface area contributed by atoms with E-state index in [0.717, 1.165) is 43.4 Å². The first-order valence-corrected chi connectivity index (χ1v) is 15.0. The van der Waals surface area contributed by atoms with E-state index in [2.05, 4.69) is 21.9 Å². The van der Waals surface area contributed by atoms with E-state index in [1.54, 1.807) is 18.9 Å². The van der Waals surface area contributed by atoms with Crippen molar-refractivity contribution >= 4 is 17.7 Å². The number of para-hydroxylation sites is 1. The van der Waals surface area contributed by atoms with Crippen LogP contribution in [-0.2, 0) is 14.4 Å². The van der Waals surface area contributed by atoms with Gasteiger partial charge in [-0.15, -0.1) is 6.42 Å². The normalized spacial score (nSPS) is 29.7. The number of hydrogen-bond acceptors (Lipinski definition) is 7. The summed E-state index contributed by atoms with van der Waals surface area (Å²) in [5, 5.41) is 20.1. The molecule has 2 saturated heterocycles. The minimum atomic E-state index is -1.30. The number of ether oxygens (including phenoxy) is 1. The number of nitrogens with zero attached hydrogens (tertiary/aromatic N) is 2. The van der Waals surface area contributed by atoms with Gasteiger partial charge in [-0.2, -0.15) is 0 Å². The Hall–Kier alpha value is -3.13. The lowest BCUT2D eigenvalue weighted by Crippen LogP contribution is -2.66.